The van der Waals surface area contributed by atoms with Gasteiger partial charge in [0, 0.05) is 35.3 Å². The Balaban J connectivity index is 1.51. The lowest BCUT2D eigenvalue weighted by Crippen LogP contribution is -2.44. The van der Waals surface area contributed by atoms with Crippen LogP contribution in [0.2, 0.25) is 0 Å². The maximum atomic E-state index is 12.7. The van der Waals surface area contributed by atoms with E-state index in [2.05, 4.69) is 20.5 Å². The first-order valence-corrected chi connectivity index (χ1v) is 14.1. The Labute approximate surface area is 225 Å². The topological polar surface area (TPSA) is 120 Å². The molecule has 0 aliphatic carbocycles. The van der Waals surface area contributed by atoms with Gasteiger partial charge in [-0.05, 0) is 62.4 Å². The van der Waals surface area contributed by atoms with Crippen LogP contribution in [-0.2, 0) is 16.7 Å². The minimum atomic E-state index is -4.45. The molecule has 2 heterocycles. The third-order valence-corrected chi connectivity index (χ3v) is 7.82. The Kier molecular flexibility index (Phi) is 8.64. The van der Waals surface area contributed by atoms with Gasteiger partial charge in [0.2, 0.25) is 0 Å². The summed E-state index contributed by atoms with van der Waals surface area (Å²) in [6.07, 6.45) is -4.45. The molecule has 0 unspecified atom stereocenters. The van der Waals surface area contributed by atoms with Crippen LogP contribution < -0.4 is 15.5 Å². The van der Waals surface area contributed by atoms with Gasteiger partial charge in [-0.15, -0.1) is 0 Å². The molecule has 2 amide bonds. The number of alkyl halides is 3. The van der Waals surface area contributed by atoms with E-state index in [1.807, 2.05) is 6.92 Å². The minimum absolute atomic E-state index is 0.00843. The number of halogens is 3. The van der Waals surface area contributed by atoms with Crippen molar-refractivity contribution in [3.05, 3.63) is 65.9 Å². The SMILES string of the molecule is CCS(O)(O)Cc1cc(N2CCOC[C@@H]2C)nc(-c2ccc(NC(=O)Nc3ccc(C(F)(F)F)cc3)cc2)n1. The number of ether oxygens (including phenoxy) is 1. The Bertz CT molecular complexity index is 1290. The molecule has 0 spiro atoms. The number of anilines is 3. The average molecular weight is 566 g/mol. The van der Waals surface area contributed by atoms with Gasteiger partial charge in [-0.1, -0.05) is 0 Å². The molecule has 2 aromatic carbocycles. The van der Waals surface area contributed by atoms with Crippen molar-refractivity contribution < 1.29 is 31.8 Å². The van der Waals surface area contributed by atoms with Crippen LogP contribution in [0.25, 0.3) is 11.4 Å². The van der Waals surface area contributed by atoms with E-state index >= 15 is 0 Å². The third-order valence-electron chi connectivity index (χ3n) is 6.14. The standard InChI is InChI=1S/C26H30F3N5O4S/c1-3-39(36,37)16-22-14-23(34-12-13-38-15-17(34)2)33-24(30-22)18-4-8-20(9-5-18)31-25(35)32-21-10-6-19(7-11-21)26(27,28)29/h4-11,14,17,36-37H,3,12-13,15-16H2,1-2H3,(H2,31,32,35)/t17-/m0/s1. The molecule has 4 N–H and O–H groups in total. The number of nitrogens with zero attached hydrogens (tertiary/aromatic N) is 3. The fourth-order valence-electron chi connectivity index (χ4n) is 3.98. The van der Waals surface area contributed by atoms with E-state index in [4.69, 9.17) is 9.72 Å². The first-order chi connectivity index (χ1) is 18.4. The Morgan fingerprint density at radius 2 is 1.69 bits per heavy atom. The van der Waals surface area contributed by atoms with Crippen molar-refractivity contribution in [3.8, 4) is 11.4 Å². The lowest BCUT2D eigenvalue weighted by molar-refractivity contribution is -0.137. The Morgan fingerprint density at radius 3 is 2.26 bits per heavy atom. The molecule has 1 fully saturated rings. The number of morpholine rings is 1. The van der Waals surface area contributed by atoms with E-state index in [-0.39, 0.29) is 23.2 Å². The largest absolute Gasteiger partial charge is 0.416 e. The number of rotatable bonds is 7. The maximum absolute atomic E-state index is 12.7. The monoisotopic (exact) mass is 565 g/mol. The highest BCUT2D eigenvalue weighted by Gasteiger charge is 2.30. The van der Waals surface area contributed by atoms with Gasteiger partial charge in [0.15, 0.2) is 5.82 Å². The molecule has 39 heavy (non-hydrogen) atoms. The number of benzene rings is 2. The summed E-state index contributed by atoms with van der Waals surface area (Å²) in [5.74, 6) is 1.28. The Hall–Kier alpha value is -3.39. The van der Waals surface area contributed by atoms with Crippen LogP contribution in [0, 0.1) is 0 Å². The predicted molar refractivity (Wildman–Crippen MR) is 146 cm³/mol. The summed E-state index contributed by atoms with van der Waals surface area (Å²) in [6.45, 7) is 5.47. The van der Waals surface area contributed by atoms with E-state index in [0.717, 1.165) is 12.1 Å². The minimum Gasteiger partial charge on any atom is -0.377 e. The summed E-state index contributed by atoms with van der Waals surface area (Å²) in [6, 6.07) is 12.1. The van der Waals surface area contributed by atoms with Gasteiger partial charge < -0.3 is 20.3 Å². The second kappa shape index (κ2) is 11.8. The zero-order valence-corrected chi connectivity index (χ0v) is 22.2. The van der Waals surface area contributed by atoms with E-state index in [9.17, 15) is 27.1 Å². The van der Waals surface area contributed by atoms with E-state index in [1.165, 1.54) is 12.1 Å². The highest BCUT2D eigenvalue weighted by atomic mass is 32.3. The molecule has 1 atom stereocenters. The zero-order valence-electron chi connectivity index (χ0n) is 21.4. The molecule has 0 saturated carbocycles. The quantitative estimate of drug-likeness (QED) is 0.265. The van der Waals surface area contributed by atoms with Crippen molar-refractivity contribution in [3.63, 3.8) is 0 Å². The molecule has 1 aromatic heterocycles. The first-order valence-electron chi connectivity index (χ1n) is 12.2. The molecule has 1 saturated heterocycles. The molecule has 0 bridgehead atoms. The van der Waals surface area contributed by atoms with Gasteiger partial charge in [0.1, 0.15) is 5.82 Å². The van der Waals surface area contributed by atoms with Gasteiger partial charge in [-0.25, -0.2) is 14.8 Å². The molecule has 0 radical (unpaired) electrons. The smallest absolute Gasteiger partial charge is 0.377 e. The van der Waals surface area contributed by atoms with Crippen molar-refractivity contribution in [1.82, 2.24) is 9.97 Å². The molecule has 4 rings (SSSR count). The summed E-state index contributed by atoms with van der Waals surface area (Å²) in [5, 5.41) is 5.13. The van der Waals surface area contributed by atoms with Crippen LogP contribution in [0.1, 0.15) is 25.1 Å². The molecular formula is C26H30F3N5O4S. The van der Waals surface area contributed by atoms with Gasteiger partial charge in [0.05, 0.1) is 36.3 Å². The van der Waals surface area contributed by atoms with Crippen molar-refractivity contribution in [1.29, 1.82) is 0 Å². The summed E-state index contributed by atoms with van der Waals surface area (Å²) >= 11 is 0. The van der Waals surface area contributed by atoms with Crippen molar-refractivity contribution in [2.75, 3.05) is 41.0 Å². The van der Waals surface area contributed by atoms with Crippen LogP contribution >= 0.6 is 10.6 Å². The normalized spacial score (nSPS) is 16.6. The number of carbonyl (C=O) groups is 1. The maximum Gasteiger partial charge on any atom is 0.416 e. The molecular weight excluding hydrogens is 535 g/mol. The lowest BCUT2D eigenvalue weighted by atomic mass is 10.2. The van der Waals surface area contributed by atoms with Crippen LogP contribution in [0.15, 0.2) is 54.6 Å². The predicted octanol–water partition coefficient (Wildman–Crippen LogP) is 6.30. The second-order valence-corrected chi connectivity index (χ2v) is 11.6. The second-order valence-electron chi connectivity index (χ2n) is 9.13. The summed E-state index contributed by atoms with van der Waals surface area (Å²) in [4.78, 5) is 23.7. The molecule has 9 nitrogen and oxygen atoms in total. The molecule has 210 valence electrons. The number of hydrogen-bond donors (Lipinski definition) is 4. The fraction of sp³-hybridized carbons (Fsp3) is 0.346. The number of carbonyl (C=O) groups excluding carboxylic acids is 1. The molecule has 3 aromatic rings. The molecule has 1 aliphatic heterocycles. The summed E-state index contributed by atoms with van der Waals surface area (Å²) in [7, 11) is -2.83. The summed E-state index contributed by atoms with van der Waals surface area (Å²) < 4.78 is 64.4. The number of hydrogen-bond acceptors (Lipinski definition) is 7. The van der Waals surface area contributed by atoms with Gasteiger partial charge in [0.25, 0.3) is 0 Å². The number of amides is 2. The van der Waals surface area contributed by atoms with Crippen molar-refractivity contribution >= 4 is 33.8 Å². The zero-order chi connectivity index (χ0) is 28.2. The third kappa shape index (κ3) is 7.60. The van der Waals surface area contributed by atoms with Crippen molar-refractivity contribution in [2.24, 2.45) is 0 Å². The highest BCUT2D eigenvalue weighted by molar-refractivity contribution is 8.23. The van der Waals surface area contributed by atoms with Crippen LogP contribution in [0.5, 0.6) is 0 Å². The van der Waals surface area contributed by atoms with Crippen molar-refractivity contribution in [2.45, 2.75) is 31.8 Å². The van der Waals surface area contributed by atoms with E-state index < -0.39 is 28.4 Å². The average Bonchev–Trinajstić information content (AvgIpc) is 2.88. The van der Waals surface area contributed by atoms with Crippen LogP contribution in [-0.4, -0.2) is 56.7 Å². The molecule has 1 aliphatic rings. The number of urea groups is 1. The number of nitrogens with one attached hydrogen (secondary N) is 2. The summed E-state index contributed by atoms with van der Waals surface area (Å²) in [5.41, 5.74) is 1.02. The van der Waals surface area contributed by atoms with Crippen LogP contribution in [0.3, 0.4) is 0 Å². The first kappa shape index (κ1) is 28.6. The highest BCUT2D eigenvalue weighted by Crippen LogP contribution is 2.42. The molecule has 13 heteroatoms. The lowest BCUT2D eigenvalue weighted by Gasteiger charge is -2.35. The van der Waals surface area contributed by atoms with Crippen LogP contribution in [0.4, 0.5) is 35.2 Å². The number of aromatic nitrogens is 2. The van der Waals surface area contributed by atoms with Gasteiger partial charge >= 0.3 is 12.2 Å². The van der Waals surface area contributed by atoms with E-state index in [0.29, 0.717) is 48.3 Å². The van der Waals surface area contributed by atoms with Gasteiger partial charge in [-0.3, -0.25) is 9.11 Å². The van der Waals surface area contributed by atoms with E-state index in [1.54, 1.807) is 37.3 Å². The van der Waals surface area contributed by atoms with Gasteiger partial charge in [-0.2, -0.15) is 23.8 Å². The Morgan fingerprint density at radius 1 is 1.08 bits per heavy atom. The fourth-order valence-corrected chi connectivity index (χ4v) is 4.80.